The molecule has 0 aliphatic carbocycles. The Kier molecular flexibility index (Phi) is 6.14. The predicted octanol–water partition coefficient (Wildman–Crippen LogP) is 3.98. The van der Waals surface area contributed by atoms with Gasteiger partial charge in [-0.2, -0.15) is 0 Å². The molecule has 1 aromatic heterocycles. The minimum absolute atomic E-state index is 0.0241. The number of aromatic hydroxyl groups is 1. The van der Waals surface area contributed by atoms with Crippen molar-refractivity contribution in [1.29, 1.82) is 0 Å². The van der Waals surface area contributed by atoms with E-state index in [2.05, 4.69) is 4.98 Å². The van der Waals surface area contributed by atoms with E-state index < -0.39 is 0 Å². The smallest absolute Gasteiger partial charge is 0.307 e. The third kappa shape index (κ3) is 5.44. The minimum atomic E-state index is -0.195. The molecule has 0 spiro atoms. The Morgan fingerprint density at radius 1 is 1.14 bits per heavy atom. The number of rotatable bonds is 8. The second kappa shape index (κ2) is 8.10. The average Bonchev–Trinajstić information content (AvgIpc) is 2.78. The molecule has 2 N–H and O–H groups in total. The van der Waals surface area contributed by atoms with Gasteiger partial charge in [-0.15, -0.1) is 0 Å². The number of benzene rings is 1. The molecule has 0 amide bonds. The molecule has 0 aliphatic heterocycles. The topological polar surface area (TPSA) is 62.3 Å². The fraction of sp³-hybridized carbons (Fsp3) is 0.400. The van der Waals surface area contributed by atoms with E-state index in [0.29, 0.717) is 11.6 Å². The summed E-state index contributed by atoms with van der Waals surface area (Å²) in [5, 5.41) is 10.1. The standard InChI is InChI=1S/C15H18ClNO3S/c16-11-6-8-12(9-7-11)20-10-4-2-1-3-5-13-14(18)17-15(19)21-13/h6-9,18H,1-5,10H2,(H,17,19). The Labute approximate surface area is 132 Å². The summed E-state index contributed by atoms with van der Waals surface area (Å²) in [4.78, 5) is 14.0. The summed E-state index contributed by atoms with van der Waals surface area (Å²) in [5.74, 6) is 0.859. The molecule has 0 saturated carbocycles. The Hall–Kier alpha value is -1.46. The molecule has 1 heterocycles. The maximum absolute atomic E-state index is 11.0. The van der Waals surface area contributed by atoms with Gasteiger partial charge in [0.15, 0.2) is 0 Å². The Bertz CT molecular complexity index is 606. The summed E-state index contributed by atoms with van der Waals surface area (Å²) in [6, 6.07) is 7.34. The second-order valence-corrected chi connectivity index (χ2v) is 6.26. The molecule has 0 aliphatic rings. The van der Waals surface area contributed by atoms with Crippen LogP contribution in [0.5, 0.6) is 11.6 Å². The highest BCUT2D eigenvalue weighted by Gasteiger charge is 2.05. The molecule has 2 rings (SSSR count). The number of halogens is 1. The fourth-order valence-corrected chi connectivity index (χ4v) is 2.88. The van der Waals surface area contributed by atoms with Crippen LogP contribution in [-0.2, 0) is 6.42 Å². The van der Waals surface area contributed by atoms with Gasteiger partial charge in [-0.3, -0.25) is 9.78 Å². The van der Waals surface area contributed by atoms with Crippen molar-refractivity contribution in [3.8, 4) is 11.6 Å². The lowest BCUT2D eigenvalue weighted by Crippen LogP contribution is -1.97. The molecule has 0 unspecified atom stereocenters. The zero-order valence-corrected chi connectivity index (χ0v) is 13.2. The first-order valence-electron chi connectivity index (χ1n) is 6.94. The van der Waals surface area contributed by atoms with E-state index in [1.165, 1.54) is 0 Å². The Balaban J connectivity index is 1.55. The van der Waals surface area contributed by atoms with E-state index in [9.17, 15) is 9.90 Å². The summed E-state index contributed by atoms with van der Waals surface area (Å²) < 4.78 is 5.61. The molecule has 0 fully saturated rings. The van der Waals surface area contributed by atoms with Crippen molar-refractivity contribution in [2.45, 2.75) is 32.1 Å². The summed E-state index contributed by atoms with van der Waals surface area (Å²) in [6.45, 7) is 0.685. The molecule has 0 atom stereocenters. The second-order valence-electron chi connectivity index (χ2n) is 4.75. The van der Waals surface area contributed by atoms with Crippen LogP contribution in [0, 0.1) is 0 Å². The van der Waals surface area contributed by atoms with Crippen LogP contribution in [-0.4, -0.2) is 16.7 Å². The lowest BCUT2D eigenvalue weighted by Gasteiger charge is -2.06. The highest BCUT2D eigenvalue weighted by atomic mass is 35.5. The number of aromatic nitrogens is 1. The van der Waals surface area contributed by atoms with Crippen LogP contribution in [0.1, 0.15) is 30.6 Å². The third-order valence-corrected chi connectivity index (χ3v) is 4.26. The SMILES string of the molecule is O=c1[nH]c(O)c(CCCCCCOc2ccc(Cl)cc2)s1. The fourth-order valence-electron chi connectivity index (χ4n) is 1.98. The van der Waals surface area contributed by atoms with Crippen molar-refractivity contribution < 1.29 is 9.84 Å². The van der Waals surface area contributed by atoms with Crippen molar-refractivity contribution >= 4 is 22.9 Å². The summed E-state index contributed by atoms with van der Waals surface area (Å²) >= 11 is 6.88. The van der Waals surface area contributed by atoms with Gasteiger partial charge >= 0.3 is 4.87 Å². The highest BCUT2D eigenvalue weighted by Crippen LogP contribution is 2.19. The lowest BCUT2D eigenvalue weighted by molar-refractivity contribution is 0.304. The van der Waals surface area contributed by atoms with Crippen molar-refractivity contribution in [2.24, 2.45) is 0 Å². The molecule has 0 saturated heterocycles. The van der Waals surface area contributed by atoms with Crippen LogP contribution in [0.15, 0.2) is 29.1 Å². The highest BCUT2D eigenvalue weighted by molar-refractivity contribution is 7.09. The first-order valence-corrected chi connectivity index (χ1v) is 8.14. The molecule has 6 heteroatoms. The van der Waals surface area contributed by atoms with Crippen molar-refractivity contribution in [3.05, 3.63) is 43.8 Å². The number of H-pyrrole nitrogens is 1. The van der Waals surface area contributed by atoms with Gasteiger partial charge in [0, 0.05) is 5.02 Å². The first kappa shape index (κ1) is 15.9. The number of thiazole rings is 1. The van der Waals surface area contributed by atoms with Crippen LogP contribution in [0.3, 0.4) is 0 Å². The molecule has 0 bridgehead atoms. The molecule has 1 aromatic carbocycles. The summed E-state index contributed by atoms with van der Waals surface area (Å²) in [7, 11) is 0. The van der Waals surface area contributed by atoms with Crippen molar-refractivity contribution in [2.75, 3.05) is 6.61 Å². The number of aryl methyl sites for hydroxylation is 1. The van der Waals surface area contributed by atoms with Crippen LogP contribution < -0.4 is 9.61 Å². The van der Waals surface area contributed by atoms with Gasteiger partial charge in [0.05, 0.1) is 11.5 Å². The van der Waals surface area contributed by atoms with Gasteiger partial charge in [-0.05, 0) is 43.5 Å². The van der Waals surface area contributed by atoms with Gasteiger partial charge in [-0.1, -0.05) is 35.8 Å². The van der Waals surface area contributed by atoms with Gasteiger partial charge < -0.3 is 9.84 Å². The molecule has 4 nitrogen and oxygen atoms in total. The van der Waals surface area contributed by atoms with E-state index in [0.717, 1.165) is 54.1 Å². The van der Waals surface area contributed by atoms with Crippen LogP contribution in [0.4, 0.5) is 0 Å². The lowest BCUT2D eigenvalue weighted by atomic mass is 10.1. The normalized spacial score (nSPS) is 10.7. The zero-order valence-electron chi connectivity index (χ0n) is 11.6. The number of hydrogen-bond acceptors (Lipinski definition) is 4. The largest absolute Gasteiger partial charge is 0.494 e. The molecular weight excluding hydrogens is 310 g/mol. The zero-order chi connectivity index (χ0) is 15.1. The first-order chi connectivity index (χ1) is 10.1. The monoisotopic (exact) mass is 327 g/mol. The van der Waals surface area contributed by atoms with Crippen molar-refractivity contribution in [3.63, 3.8) is 0 Å². The number of hydrogen-bond donors (Lipinski definition) is 2. The summed E-state index contributed by atoms with van der Waals surface area (Å²) in [6.07, 6.45) is 4.80. The van der Waals surface area contributed by atoms with E-state index in [1.54, 1.807) is 0 Å². The van der Waals surface area contributed by atoms with Crippen LogP contribution >= 0.6 is 22.9 Å². The number of ether oxygens (including phenoxy) is 1. The van der Waals surface area contributed by atoms with E-state index >= 15 is 0 Å². The van der Waals surface area contributed by atoms with Gasteiger partial charge in [-0.25, -0.2) is 0 Å². The predicted molar refractivity (Wildman–Crippen MR) is 85.7 cm³/mol. The number of nitrogens with one attached hydrogen (secondary N) is 1. The molecular formula is C15H18ClNO3S. The van der Waals surface area contributed by atoms with Gasteiger partial charge in [0.25, 0.3) is 0 Å². The molecule has 2 aromatic rings. The van der Waals surface area contributed by atoms with E-state index in [1.807, 2.05) is 24.3 Å². The summed E-state index contributed by atoms with van der Waals surface area (Å²) in [5.41, 5.74) is 0. The maximum atomic E-state index is 11.0. The van der Waals surface area contributed by atoms with Gasteiger partial charge in [0.1, 0.15) is 5.75 Å². The molecule has 0 radical (unpaired) electrons. The Morgan fingerprint density at radius 3 is 2.52 bits per heavy atom. The van der Waals surface area contributed by atoms with Crippen LogP contribution in [0.2, 0.25) is 5.02 Å². The van der Waals surface area contributed by atoms with Gasteiger partial charge in [0.2, 0.25) is 5.88 Å². The van der Waals surface area contributed by atoms with E-state index in [4.69, 9.17) is 16.3 Å². The quantitative estimate of drug-likeness (QED) is 0.721. The molecule has 21 heavy (non-hydrogen) atoms. The van der Waals surface area contributed by atoms with Crippen molar-refractivity contribution in [1.82, 2.24) is 4.98 Å². The molecule has 114 valence electrons. The van der Waals surface area contributed by atoms with Crippen LogP contribution in [0.25, 0.3) is 0 Å². The number of aromatic amines is 1. The number of unbranched alkanes of at least 4 members (excludes halogenated alkanes) is 3. The maximum Gasteiger partial charge on any atom is 0.307 e. The average molecular weight is 328 g/mol. The Morgan fingerprint density at radius 2 is 1.86 bits per heavy atom. The minimum Gasteiger partial charge on any atom is -0.494 e. The van der Waals surface area contributed by atoms with E-state index in [-0.39, 0.29) is 10.8 Å². The third-order valence-electron chi connectivity index (χ3n) is 3.08.